The number of hydroxylamine groups is 1. The Morgan fingerprint density at radius 1 is 1.39 bits per heavy atom. The minimum Gasteiger partial charge on any atom is -0.388 e. The van der Waals surface area contributed by atoms with E-state index < -0.39 is 0 Å². The van der Waals surface area contributed by atoms with Crippen molar-refractivity contribution < 1.29 is 5.21 Å². The maximum atomic E-state index is 11.1. The number of hydrogen-bond acceptors (Lipinski definition) is 8. The highest BCUT2D eigenvalue weighted by atomic mass is 32.1. The van der Waals surface area contributed by atoms with Crippen LogP contribution in [0.4, 0.5) is 5.00 Å². The van der Waals surface area contributed by atoms with Crippen molar-refractivity contribution in [2.75, 3.05) is 12.1 Å². The summed E-state index contributed by atoms with van der Waals surface area (Å²) in [4.78, 5) is 10.7. The molecule has 0 spiro atoms. The summed E-state index contributed by atoms with van der Waals surface area (Å²) in [6.45, 7) is 4.33. The van der Waals surface area contributed by atoms with Gasteiger partial charge in [0, 0.05) is 58.9 Å². The number of nitrogens with one attached hydrogen (secondary N) is 2. The van der Waals surface area contributed by atoms with Crippen LogP contribution in [0.15, 0.2) is 24.4 Å². The van der Waals surface area contributed by atoms with E-state index in [1.165, 1.54) is 22.6 Å². The summed E-state index contributed by atoms with van der Waals surface area (Å²) in [6.07, 6.45) is 10.5. The first-order valence-electron chi connectivity index (χ1n) is 12.7. The van der Waals surface area contributed by atoms with Crippen molar-refractivity contribution in [2.24, 2.45) is 0 Å². The second kappa shape index (κ2) is 10.0. The molecule has 1 fully saturated rings. The number of anilines is 1. The Morgan fingerprint density at radius 3 is 2.83 bits per heavy atom. The Balaban J connectivity index is 1.72. The highest BCUT2D eigenvalue weighted by molar-refractivity contribution is 7.22. The number of hydrogen-bond donors (Lipinski definition) is 3. The van der Waals surface area contributed by atoms with Crippen LogP contribution in [0, 0.1) is 16.6 Å². The lowest BCUT2D eigenvalue weighted by Gasteiger charge is -2.34. The van der Waals surface area contributed by atoms with E-state index >= 15 is 0 Å². The second-order valence-corrected chi connectivity index (χ2v) is 11.0. The summed E-state index contributed by atoms with van der Waals surface area (Å²) < 4.78 is 0. The van der Waals surface area contributed by atoms with Crippen molar-refractivity contribution in [1.29, 1.82) is 10.7 Å². The number of rotatable bonds is 7. The molecule has 0 saturated heterocycles. The summed E-state index contributed by atoms with van der Waals surface area (Å²) >= 11 is 1.53. The van der Waals surface area contributed by atoms with Gasteiger partial charge in [-0.1, -0.05) is 31.5 Å². The molecular weight excluding hydrogens is 467 g/mol. The molecule has 1 saturated carbocycles. The van der Waals surface area contributed by atoms with Gasteiger partial charge in [-0.05, 0) is 61.7 Å². The average molecular weight is 498 g/mol. The monoisotopic (exact) mass is 498 g/mol. The van der Waals surface area contributed by atoms with E-state index in [9.17, 15) is 10.5 Å². The molecule has 2 aliphatic rings. The van der Waals surface area contributed by atoms with Crippen LogP contribution in [0.1, 0.15) is 61.4 Å². The largest absolute Gasteiger partial charge is 0.388 e. The number of aryl methyl sites for hydroxylation is 1. The van der Waals surface area contributed by atoms with E-state index in [0.29, 0.717) is 0 Å². The first kappa shape index (κ1) is 24.5. The number of allylic oxidation sites excluding steroid dienone is 1. The number of aromatic nitrogens is 2. The molecule has 9 heteroatoms. The maximum Gasteiger partial charge on any atom is 0.272 e. The molecule has 0 bridgehead atoms. The fraction of sp³-hybridized carbons (Fsp3) is 0.407. The predicted octanol–water partition coefficient (Wildman–Crippen LogP) is 5.64. The minimum atomic E-state index is 0.0301. The van der Waals surface area contributed by atoms with E-state index in [2.05, 4.69) is 37.3 Å². The molecule has 3 aromatic heterocycles. The molecule has 7 nitrogen and oxygen atoms in total. The van der Waals surface area contributed by atoms with Gasteiger partial charge in [-0.3, -0.25) is 10.2 Å². The Labute approximate surface area is 216 Å². The summed E-state index contributed by atoms with van der Waals surface area (Å²) in [6, 6.07) is 4.35. The molecule has 0 unspecified atom stereocenters. The van der Waals surface area contributed by atoms with Crippen LogP contribution < -0.4 is 10.4 Å². The Hall–Kier alpha value is -3.22. The van der Waals surface area contributed by atoms with Crippen LogP contribution >= 0.6 is 11.3 Å². The number of thiophene rings is 1. The van der Waals surface area contributed by atoms with Gasteiger partial charge < -0.3 is 10.7 Å². The van der Waals surface area contributed by atoms with Gasteiger partial charge in [0.1, 0.15) is 9.83 Å². The summed E-state index contributed by atoms with van der Waals surface area (Å²) in [7, 11) is 1.86. The summed E-state index contributed by atoms with van der Waals surface area (Å²) in [5.74, 6) is 2.60. The van der Waals surface area contributed by atoms with Crippen molar-refractivity contribution in [3.05, 3.63) is 46.8 Å². The standard InChI is InChI=1S/C27H31BN6OS/c1-16(2)24-25-20(22(31-3)8-10-29)12-23(33-26(25)36-27(24)34(35)19-5-4-6-19)18-11-17-13-28(15-30)9-7-21(17)32-14-18/h8,10-12,14,16,19,29,31,35H,4-7,9,13H2,1-3H3/b22-8-,29-10?. The van der Waals surface area contributed by atoms with Gasteiger partial charge in [-0.25, -0.2) is 15.3 Å². The zero-order chi connectivity index (χ0) is 25.4. The van der Waals surface area contributed by atoms with Gasteiger partial charge in [0.25, 0.3) is 6.71 Å². The van der Waals surface area contributed by atoms with Crippen LogP contribution in [0.2, 0.25) is 6.32 Å². The molecule has 1 aliphatic heterocycles. The first-order valence-corrected chi connectivity index (χ1v) is 13.5. The van der Waals surface area contributed by atoms with Gasteiger partial charge in [-0.2, -0.15) is 0 Å². The van der Waals surface area contributed by atoms with Crippen LogP contribution in [0.25, 0.3) is 27.2 Å². The third kappa shape index (κ3) is 4.29. The second-order valence-electron chi connectivity index (χ2n) is 10.0. The van der Waals surface area contributed by atoms with E-state index in [4.69, 9.17) is 15.4 Å². The van der Waals surface area contributed by atoms with Gasteiger partial charge in [-0.15, -0.1) is 0 Å². The molecule has 4 heterocycles. The van der Waals surface area contributed by atoms with Gasteiger partial charge in [0.15, 0.2) is 0 Å². The highest BCUT2D eigenvalue weighted by Crippen LogP contribution is 2.46. The first-order chi connectivity index (χ1) is 17.4. The van der Waals surface area contributed by atoms with Crippen molar-refractivity contribution in [2.45, 2.75) is 64.1 Å². The lowest BCUT2D eigenvalue weighted by atomic mass is 9.42. The molecule has 0 atom stereocenters. The average Bonchev–Trinajstić information content (AvgIpc) is 3.25. The van der Waals surface area contributed by atoms with Crippen LogP contribution in [0.3, 0.4) is 0 Å². The fourth-order valence-corrected chi connectivity index (χ4v) is 6.57. The van der Waals surface area contributed by atoms with Crippen LogP contribution in [0.5, 0.6) is 0 Å². The van der Waals surface area contributed by atoms with Crippen LogP contribution in [-0.4, -0.2) is 41.2 Å². The fourth-order valence-electron chi connectivity index (χ4n) is 5.23. The van der Waals surface area contributed by atoms with Gasteiger partial charge in [0.05, 0.1) is 11.7 Å². The third-order valence-corrected chi connectivity index (χ3v) is 8.52. The molecule has 0 amide bonds. The van der Waals surface area contributed by atoms with E-state index in [-0.39, 0.29) is 18.7 Å². The molecule has 36 heavy (non-hydrogen) atoms. The quantitative estimate of drug-likeness (QED) is 0.221. The van der Waals surface area contributed by atoms with Crippen molar-refractivity contribution in [3.8, 4) is 17.2 Å². The van der Waals surface area contributed by atoms with Crippen molar-refractivity contribution >= 4 is 45.2 Å². The topological polar surface area (TPSA) is 109 Å². The Kier molecular flexibility index (Phi) is 6.82. The zero-order valence-corrected chi connectivity index (χ0v) is 21.8. The number of pyridine rings is 2. The van der Waals surface area contributed by atoms with Gasteiger partial charge in [0.2, 0.25) is 0 Å². The molecule has 0 aromatic carbocycles. The predicted molar refractivity (Wildman–Crippen MR) is 148 cm³/mol. The minimum absolute atomic E-state index is 0.0301. The molecule has 1 aliphatic carbocycles. The smallest absolute Gasteiger partial charge is 0.272 e. The molecule has 184 valence electrons. The molecule has 3 N–H and O–H groups in total. The van der Waals surface area contributed by atoms with Crippen molar-refractivity contribution in [3.63, 3.8) is 0 Å². The number of nitrogens with zero attached hydrogens (tertiary/aromatic N) is 4. The highest BCUT2D eigenvalue weighted by Gasteiger charge is 2.31. The Bertz CT molecular complexity index is 1390. The van der Waals surface area contributed by atoms with E-state index in [1.807, 2.05) is 13.2 Å². The van der Waals surface area contributed by atoms with E-state index in [0.717, 1.165) is 92.9 Å². The zero-order valence-electron chi connectivity index (χ0n) is 21.0. The maximum absolute atomic E-state index is 11.1. The van der Waals surface area contributed by atoms with Crippen molar-refractivity contribution in [1.82, 2.24) is 15.3 Å². The summed E-state index contributed by atoms with van der Waals surface area (Å²) in [5.41, 5.74) is 6.79. The van der Waals surface area contributed by atoms with Crippen LogP contribution in [-0.2, 0) is 12.7 Å². The lowest BCUT2D eigenvalue weighted by molar-refractivity contribution is 0.172. The Morgan fingerprint density at radius 2 is 2.19 bits per heavy atom. The number of fused-ring (bicyclic) bond motifs is 2. The molecule has 5 rings (SSSR count). The SMILES string of the molecule is CN/C(=C\C=N)c1cc(-c2cnc3c(c2)CB(C#N)CC3)nc2sc(N(O)C3CCC3)c(C(C)C)c12. The molecular formula is C27H31BN6OS. The van der Waals surface area contributed by atoms with E-state index in [1.54, 1.807) is 6.08 Å². The number of nitriles is 1. The molecule has 3 aromatic rings. The van der Waals surface area contributed by atoms with Gasteiger partial charge >= 0.3 is 0 Å². The normalized spacial score (nSPS) is 16.0. The lowest BCUT2D eigenvalue weighted by Crippen LogP contribution is -2.37. The third-order valence-electron chi connectivity index (χ3n) is 7.43. The molecule has 0 radical (unpaired) electrons. The summed E-state index contributed by atoms with van der Waals surface area (Å²) in [5, 5.41) is 34.9.